The lowest BCUT2D eigenvalue weighted by Gasteiger charge is -2.18. The summed E-state index contributed by atoms with van der Waals surface area (Å²) in [5, 5.41) is 11.4. The van der Waals surface area contributed by atoms with E-state index >= 15 is 0 Å². The molecule has 2 amide bonds. The zero-order valence-electron chi connectivity index (χ0n) is 10.6. The van der Waals surface area contributed by atoms with Gasteiger partial charge in [0.1, 0.15) is 6.54 Å². The molecule has 1 rings (SSSR count). The van der Waals surface area contributed by atoms with E-state index in [1.165, 1.54) is 9.78 Å². The van der Waals surface area contributed by atoms with Crippen LogP contribution in [0.5, 0.6) is 0 Å². The molecule has 0 aliphatic heterocycles. The smallest absolute Gasteiger partial charge is 0.323 e. The van der Waals surface area contributed by atoms with E-state index in [1.54, 1.807) is 18.3 Å². The Bertz CT molecular complexity index is 417. The van der Waals surface area contributed by atoms with Crippen molar-refractivity contribution in [1.82, 2.24) is 10.2 Å². The highest BCUT2D eigenvalue weighted by Crippen LogP contribution is 2.16. The van der Waals surface area contributed by atoms with Gasteiger partial charge in [-0.05, 0) is 25.5 Å². The molecule has 1 aromatic heterocycles. The van der Waals surface area contributed by atoms with Crippen LogP contribution in [0.3, 0.4) is 0 Å². The first-order valence-corrected chi connectivity index (χ1v) is 6.70. The van der Waals surface area contributed by atoms with Gasteiger partial charge in [0.05, 0.1) is 6.54 Å². The summed E-state index contributed by atoms with van der Waals surface area (Å²) in [6, 6.07) is 3.68. The summed E-state index contributed by atoms with van der Waals surface area (Å²) in [5.74, 6) is -1.00. The molecule has 0 aliphatic rings. The lowest BCUT2D eigenvalue weighted by Crippen LogP contribution is -2.42. The first-order chi connectivity index (χ1) is 8.56. The molecule has 0 bridgehead atoms. The molecule has 5 nitrogen and oxygen atoms in total. The molecule has 0 radical (unpaired) electrons. The third-order valence-electron chi connectivity index (χ3n) is 2.47. The van der Waals surface area contributed by atoms with Gasteiger partial charge in [0.2, 0.25) is 0 Å². The number of amides is 2. The molecule has 100 valence electrons. The number of hydrogen-bond acceptors (Lipinski definition) is 3. The summed E-state index contributed by atoms with van der Waals surface area (Å²) in [6.07, 6.45) is 0.985. The molecule has 0 saturated heterocycles. The zero-order valence-corrected chi connectivity index (χ0v) is 11.4. The Morgan fingerprint density at radius 1 is 1.33 bits per heavy atom. The van der Waals surface area contributed by atoms with E-state index in [0.717, 1.165) is 11.3 Å². The average Bonchev–Trinajstić information content (AvgIpc) is 2.80. The van der Waals surface area contributed by atoms with Crippen molar-refractivity contribution in [1.29, 1.82) is 0 Å². The Morgan fingerprint density at radius 3 is 2.50 bits per heavy atom. The van der Waals surface area contributed by atoms with Gasteiger partial charge in [-0.15, -0.1) is 11.3 Å². The third-order valence-corrected chi connectivity index (χ3v) is 3.70. The molecular formula is C12H18N2O3S. The maximum Gasteiger partial charge on any atom is 0.323 e. The van der Waals surface area contributed by atoms with Crippen molar-refractivity contribution in [2.75, 3.05) is 13.1 Å². The minimum absolute atomic E-state index is 0.271. The molecule has 1 heterocycles. The number of rotatable bonds is 6. The molecule has 1 aromatic rings. The zero-order chi connectivity index (χ0) is 13.5. The summed E-state index contributed by atoms with van der Waals surface area (Å²) in [7, 11) is 0. The van der Waals surface area contributed by atoms with Gasteiger partial charge in [0.25, 0.3) is 0 Å². The summed E-state index contributed by atoms with van der Waals surface area (Å²) >= 11 is 1.66. The van der Waals surface area contributed by atoms with Crippen LogP contribution in [0.2, 0.25) is 0 Å². The number of carbonyl (C=O) groups excluding carboxylic acids is 1. The molecule has 6 heteroatoms. The molecule has 2 N–H and O–H groups in total. The van der Waals surface area contributed by atoms with Gasteiger partial charge in [-0.1, -0.05) is 6.92 Å². The number of hydrogen-bond donors (Lipinski definition) is 2. The number of likely N-dealkylation sites (N-methyl/N-ethyl adjacent to an activating group) is 1. The number of nitrogens with one attached hydrogen (secondary N) is 1. The quantitative estimate of drug-likeness (QED) is 0.829. The third kappa shape index (κ3) is 4.37. The molecule has 0 aliphatic carbocycles. The standard InChI is InChI=1S/C12H18N2O3S/c1-3-9-5-6-10(18-9)7-13-12(17)14(4-2)8-11(15)16/h5-6H,3-4,7-8H2,1-2H3,(H,13,17)(H,15,16). The Morgan fingerprint density at radius 2 is 2.00 bits per heavy atom. The van der Waals surface area contributed by atoms with E-state index < -0.39 is 5.97 Å². The van der Waals surface area contributed by atoms with Crippen molar-refractivity contribution >= 4 is 23.3 Å². The van der Waals surface area contributed by atoms with Crippen LogP contribution in [0, 0.1) is 0 Å². The second kappa shape index (κ2) is 7.00. The molecular weight excluding hydrogens is 252 g/mol. The number of aryl methyl sites for hydroxylation is 1. The van der Waals surface area contributed by atoms with Gasteiger partial charge in [-0.2, -0.15) is 0 Å². The summed E-state index contributed by atoms with van der Waals surface area (Å²) in [5.41, 5.74) is 0. The van der Waals surface area contributed by atoms with Gasteiger partial charge >= 0.3 is 12.0 Å². The van der Waals surface area contributed by atoms with Crippen LogP contribution >= 0.6 is 11.3 Å². The van der Waals surface area contributed by atoms with Crippen molar-refractivity contribution in [3.05, 3.63) is 21.9 Å². The second-order valence-electron chi connectivity index (χ2n) is 3.79. The Balaban J connectivity index is 2.46. The molecule has 0 spiro atoms. The topological polar surface area (TPSA) is 69.6 Å². The lowest BCUT2D eigenvalue weighted by atomic mass is 10.3. The van der Waals surface area contributed by atoms with Crippen molar-refractivity contribution in [2.45, 2.75) is 26.8 Å². The van der Waals surface area contributed by atoms with Gasteiger partial charge < -0.3 is 15.3 Å². The van der Waals surface area contributed by atoms with Crippen LogP contribution in [-0.2, 0) is 17.8 Å². The van der Waals surface area contributed by atoms with Gasteiger partial charge in [0.15, 0.2) is 0 Å². The van der Waals surface area contributed by atoms with E-state index in [1.807, 2.05) is 12.1 Å². The fourth-order valence-corrected chi connectivity index (χ4v) is 2.37. The van der Waals surface area contributed by atoms with Gasteiger partial charge in [-0.25, -0.2) is 4.79 Å². The van der Waals surface area contributed by atoms with E-state index in [4.69, 9.17) is 5.11 Å². The Labute approximate surface area is 110 Å². The van der Waals surface area contributed by atoms with E-state index in [2.05, 4.69) is 12.2 Å². The normalized spacial score (nSPS) is 10.1. The summed E-state index contributed by atoms with van der Waals surface area (Å²) in [6.45, 7) is 4.39. The van der Waals surface area contributed by atoms with Gasteiger partial charge in [0, 0.05) is 16.3 Å². The van der Waals surface area contributed by atoms with Crippen LogP contribution in [0.25, 0.3) is 0 Å². The summed E-state index contributed by atoms with van der Waals surface area (Å²) in [4.78, 5) is 25.9. The van der Waals surface area contributed by atoms with Crippen LogP contribution in [0.1, 0.15) is 23.6 Å². The first kappa shape index (κ1) is 14.5. The molecule has 0 aromatic carbocycles. The van der Waals surface area contributed by atoms with E-state index in [9.17, 15) is 9.59 Å². The lowest BCUT2D eigenvalue weighted by molar-refractivity contribution is -0.137. The Hall–Kier alpha value is -1.56. The SMILES string of the molecule is CCc1ccc(CNC(=O)N(CC)CC(=O)O)s1. The molecule has 0 atom stereocenters. The van der Waals surface area contributed by atoms with E-state index in [-0.39, 0.29) is 12.6 Å². The number of carbonyl (C=O) groups is 2. The molecule has 18 heavy (non-hydrogen) atoms. The van der Waals surface area contributed by atoms with Crippen molar-refractivity contribution in [2.24, 2.45) is 0 Å². The minimum Gasteiger partial charge on any atom is -0.480 e. The number of aliphatic carboxylic acids is 1. The fraction of sp³-hybridized carbons (Fsp3) is 0.500. The monoisotopic (exact) mass is 270 g/mol. The highest BCUT2D eigenvalue weighted by molar-refractivity contribution is 7.11. The maximum absolute atomic E-state index is 11.7. The number of nitrogens with zero attached hydrogens (tertiary/aromatic N) is 1. The number of carboxylic acids is 1. The van der Waals surface area contributed by atoms with Crippen LogP contribution in [-0.4, -0.2) is 35.1 Å². The molecule has 0 saturated carbocycles. The van der Waals surface area contributed by atoms with Crippen molar-refractivity contribution in [3.8, 4) is 0 Å². The van der Waals surface area contributed by atoms with Crippen molar-refractivity contribution in [3.63, 3.8) is 0 Å². The number of carboxylic acid groups (broad SMARTS) is 1. The molecule has 0 unspecified atom stereocenters. The largest absolute Gasteiger partial charge is 0.480 e. The van der Waals surface area contributed by atoms with Gasteiger partial charge in [-0.3, -0.25) is 4.79 Å². The predicted octanol–water partition coefficient (Wildman–Crippen LogP) is 1.93. The first-order valence-electron chi connectivity index (χ1n) is 5.89. The second-order valence-corrected chi connectivity index (χ2v) is 5.04. The van der Waals surface area contributed by atoms with Crippen LogP contribution in [0.15, 0.2) is 12.1 Å². The van der Waals surface area contributed by atoms with E-state index in [0.29, 0.717) is 13.1 Å². The number of urea groups is 1. The minimum atomic E-state index is -1.00. The number of thiophene rings is 1. The van der Waals surface area contributed by atoms with Crippen molar-refractivity contribution < 1.29 is 14.7 Å². The highest BCUT2D eigenvalue weighted by Gasteiger charge is 2.14. The predicted molar refractivity (Wildman–Crippen MR) is 70.8 cm³/mol. The highest BCUT2D eigenvalue weighted by atomic mass is 32.1. The Kier molecular flexibility index (Phi) is 5.64. The maximum atomic E-state index is 11.7. The fourth-order valence-electron chi connectivity index (χ4n) is 1.47. The average molecular weight is 270 g/mol. The molecule has 0 fully saturated rings. The summed E-state index contributed by atoms with van der Waals surface area (Å²) < 4.78 is 0. The van der Waals surface area contributed by atoms with Crippen LogP contribution < -0.4 is 5.32 Å². The van der Waals surface area contributed by atoms with Crippen LogP contribution in [0.4, 0.5) is 4.79 Å².